The number of ether oxygens (including phenoxy) is 1. The molecule has 2 aromatic heterocycles. The maximum Gasteiger partial charge on any atom is 0.261 e. The normalized spacial score (nSPS) is 23.9. The molecule has 1 N–H and O–H groups in total. The molecule has 0 unspecified atom stereocenters. The second kappa shape index (κ2) is 8.53. The van der Waals surface area contributed by atoms with Crippen molar-refractivity contribution in [1.82, 2.24) is 25.7 Å². The Morgan fingerprint density at radius 3 is 2.68 bits per heavy atom. The number of anilines is 1. The van der Waals surface area contributed by atoms with Gasteiger partial charge in [-0.05, 0) is 39.2 Å². The van der Waals surface area contributed by atoms with Crippen molar-refractivity contribution in [2.24, 2.45) is 0 Å². The minimum atomic E-state index is 0.107. The zero-order valence-electron chi connectivity index (χ0n) is 17.0. The number of methoxy groups -OCH3 is 1. The standard InChI is InChI=1S/C20H30N6O2/c1-13-11-16(20-21-14(2)25-28-20)19(24-23-13)26-10-9-17(18(12-26)27-3)22-15-7-5-4-6-8-15/h11,15,17-18,22H,4-10,12H2,1-3H3/t17-,18+/m1/s1. The van der Waals surface area contributed by atoms with Crippen molar-refractivity contribution in [2.75, 3.05) is 25.1 Å². The Balaban J connectivity index is 1.51. The smallest absolute Gasteiger partial charge is 0.261 e. The molecule has 2 aromatic rings. The fourth-order valence-corrected chi connectivity index (χ4v) is 4.39. The van der Waals surface area contributed by atoms with Gasteiger partial charge in [0.05, 0.1) is 17.4 Å². The lowest BCUT2D eigenvalue weighted by atomic mass is 9.92. The molecule has 8 heteroatoms. The zero-order valence-corrected chi connectivity index (χ0v) is 17.0. The molecule has 1 aliphatic carbocycles. The van der Waals surface area contributed by atoms with Crippen molar-refractivity contribution in [3.05, 3.63) is 17.6 Å². The third-order valence-electron chi connectivity index (χ3n) is 5.87. The topological polar surface area (TPSA) is 89.2 Å². The molecule has 4 rings (SSSR count). The van der Waals surface area contributed by atoms with Crippen molar-refractivity contribution >= 4 is 5.82 Å². The largest absolute Gasteiger partial charge is 0.378 e. The highest BCUT2D eigenvalue weighted by molar-refractivity contribution is 5.70. The Bertz CT molecular complexity index is 789. The summed E-state index contributed by atoms with van der Waals surface area (Å²) in [6.45, 7) is 5.39. The molecule has 2 fully saturated rings. The monoisotopic (exact) mass is 386 g/mol. The van der Waals surface area contributed by atoms with Crippen molar-refractivity contribution in [2.45, 2.75) is 70.6 Å². The predicted octanol–water partition coefficient (Wildman–Crippen LogP) is 2.66. The van der Waals surface area contributed by atoms with Crippen LogP contribution < -0.4 is 10.2 Å². The van der Waals surface area contributed by atoms with E-state index in [0.717, 1.165) is 36.6 Å². The van der Waals surface area contributed by atoms with E-state index in [1.807, 2.05) is 19.9 Å². The van der Waals surface area contributed by atoms with E-state index in [0.29, 0.717) is 23.8 Å². The molecule has 3 heterocycles. The maximum absolute atomic E-state index is 5.87. The number of piperidine rings is 1. The van der Waals surface area contributed by atoms with Crippen molar-refractivity contribution in [1.29, 1.82) is 0 Å². The highest BCUT2D eigenvalue weighted by Gasteiger charge is 2.33. The van der Waals surface area contributed by atoms with Crippen LogP contribution in [0.25, 0.3) is 11.5 Å². The van der Waals surface area contributed by atoms with Gasteiger partial charge >= 0.3 is 0 Å². The van der Waals surface area contributed by atoms with Gasteiger partial charge in [-0.2, -0.15) is 10.1 Å². The van der Waals surface area contributed by atoms with E-state index in [1.165, 1.54) is 32.1 Å². The van der Waals surface area contributed by atoms with Gasteiger partial charge in [-0.3, -0.25) is 0 Å². The van der Waals surface area contributed by atoms with Gasteiger partial charge in [0.2, 0.25) is 0 Å². The molecular formula is C20H30N6O2. The van der Waals surface area contributed by atoms with Gasteiger partial charge < -0.3 is 19.5 Å². The zero-order chi connectivity index (χ0) is 19.5. The summed E-state index contributed by atoms with van der Waals surface area (Å²) < 4.78 is 11.3. The molecule has 1 saturated heterocycles. The molecule has 0 bridgehead atoms. The second-order valence-corrected chi connectivity index (χ2v) is 7.99. The fourth-order valence-electron chi connectivity index (χ4n) is 4.39. The molecule has 0 aromatic carbocycles. The minimum Gasteiger partial charge on any atom is -0.378 e. The van der Waals surface area contributed by atoms with Gasteiger partial charge in [0.1, 0.15) is 0 Å². The van der Waals surface area contributed by atoms with Gasteiger partial charge in [0, 0.05) is 32.3 Å². The molecule has 8 nitrogen and oxygen atoms in total. The summed E-state index contributed by atoms with van der Waals surface area (Å²) in [6, 6.07) is 2.96. The second-order valence-electron chi connectivity index (χ2n) is 7.99. The quantitative estimate of drug-likeness (QED) is 0.839. The number of aromatic nitrogens is 4. The van der Waals surface area contributed by atoms with Crippen LogP contribution in [0, 0.1) is 13.8 Å². The van der Waals surface area contributed by atoms with Crippen molar-refractivity contribution in [3.8, 4) is 11.5 Å². The van der Waals surface area contributed by atoms with Crippen LogP contribution in [-0.2, 0) is 4.74 Å². The van der Waals surface area contributed by atoms with Gasteiger partial charge in [0.25, 0.3) is 5.89 Å². The van der Waals surface area contributed by atoms with Crippen LogP contribution in [0.1, 0.15) is 50.0 Å². The van der Waals surface area contributed by atoms with E-state index in [9.17, 15) is 0 Å². The summed E-state index contributed by atoms with van der Waals surface area (Å²) in [7, 11) is 1.80. The number of aryl methyl sites for hydroxylation is 2. The summed E-state index contributed by atoms with van der Waals surface area (Å²) in [5, 5.41) is 16.5. The molecule has 0 spiro atoms. The molecule has 0 radical (unpaired) electrons. The first-order valence-electron chi connectivity index (χ1n) is 10.3. The Morgan fingerprint density at radius 1 is 1.14 bits per heavy atom. The van der Waals surface area contributed by atoms with Crippen LogP contribution in [0.5, 0.6) is 0 Å². The van der Waals surface area contributed by atoms with E-state index in [-0.39, 0.29) is 6.10 Å². The number of hydrogen-bond acceptors (Lipinski definition) is 8. The Morgan fingerprint density at radius 2 is 1.96 bits per heavy atom. The SMILES string of the molecule is CO[C@H]1CN(c2nnc(C)cc2-c2nc(C)no2)CC[C@H]1NC1CCCCC1. The number of rotatable bonds is 5. The summed E-state index contributed by atoms with van der Waals surface area (Å²) in [5.74, 6) is 1.88. The summed E-state index contributed by atoms with van der Waals surface area (Å²) in [5.41, 5.74) is 1.66. The van der Waals surface area contributed by atoms with Crippen molar-refractivity contribution < 1.29 is 9.26 Å². The van der Waals surface area contributed by atoms with Gasteiger partial charge in [-0.25, -0.2) is 0 Å². The molecule has 152 valence electrons. The van der Waals surface area contributed by atoms with Crippen LogP contribution in [-0.4, -0.2) is 58.7 Å². The van der Waals surface area contributed by atoms with E-state index in [2.05, 4.69) is 30.6 Å². The van der Waals surface area contributed by atoms with Crippen molar-refractivity contribution in [3.63, 3.8) is 0 Å². The fraction of sp³-hybridized carbons (Fsp3) is 0.700. The average molecular weight is 387 g/mol. The van der Waals surface area contributed by atoms with E-state index >= 15 is 0 Å². The number of nitrogens with zero attached hydrogens (tertiary/aromatic N) is 5. The Kier molecular flexibility index (Phi) is 5.87. The lowest BCUT2D eigenvalue weighted by Crippen LogP contribution is -2.56. The molecule has 28 heavy (non-hydrogen) atoms. The number of hydrogen-bond donors (Lipinski definition) is 1. The summed E-state index contributed by atoms with van der Waals surface area (Å²) in [6.07, 6.45) is 7.71. The number of nitrogens with one attached hydrogen (secondary N) is 1. The highest BCUT2D eigenvalue weighted by atomic mass is 16.5. The molecule has 2 atom stereocenters. The van der Waals surface area contributed by atoms with E-state index in [1.54, 1.807) is 7.11 Å². The molecular weight excluding hydrogens is 356 g/mol. The summed E-state index contributed by atoms with van der Waals surface area (Å²) in [4.78, 5) is 6.62. The van der Waals surface area contributed by atoms with Crippen LogP contribution >= 0.6 is 0 Å². The molecule has 1 aliphatic heterocycles. The van der Waals surface area contributed by atoms with Gasteiger partial charge in [-0.1, -0.05) is 24.4 Å². The van der Waals surface area contributed by atoms with Crippen LogP contribution in [0.3, 0.4) is 0 Å². The minimum absolute atomic E-state index is 0.107. The Labute approximate surface area is 166 Å². The van der Waals surface area contributed by atoms with Crippen LogP contribution in [0.4, 0.5) is 5.82 Å². The first kappa shape index (κ1) is 19.3. The average Bonchev–Trinajstić information content (AvgIpc) is 3.15. The maximum atomic E-state index is 5.87. The van der Waals surface area contributed by atoms with Crippen LogP contribution in [0.2, 0.25) is 0 Å². The lowest BCUT2D eigenvalue weighted by molar-refractivity contribution is 0.0533. The first-order valence-corrected chi connectivity index (χ1v) is 10.3. The third kappa shape index (κ3) is 4.17. The first-order chi connectivity index (χ1) is 13.6. The molecule has 2 aliphatic rings. The molecule has 1 saturated carbocycles. The predicted molar refractivity (Wildman–Crippen MR) is 106 cm³/mol. The third-order valence-corrected chi connectivity index (χ3v) is 5.87. The lowest BCUT2D eigenvalue weighted by Gasteiger charge is -2.41. The Hall–Kier alpha value is -2.06. The summed E-state index contributed by atoms with van der Waals surface area (Å²) >= 11 is 0. The van der Waals surface area contributed by atoms with Crippen LogP contribution in [0.15, 0.2) is 10.6 Å². The van der Waals surface area contributed by atoms with Gasteiger partial charge in [0.15, 0.2) is 11.6 Å². The highest BCUT2D eigenvalue weighted by Crippen LogP contribution is 2.31. The van der Waals surface area contributed by atoms with E-state index in [4.69, 9.17) is 9.26 Å². The molecule has 0 amide bonds. The van der Waals surface area contributed by atoms with Gasteiger partial charge in [-0.15, -0.1) is 5.10 Å². The van der Waals surface area contributed by atoms with E-state index < -0.39 is 0 Å².